The molecule has 5 heteroatoms. The summed E-state index contributed by atoms with van der Waals surface area (Å²) >= 11 is 1.90. The largest absolute Gasteiger partial charge is 0.457 e. The molecule has 0 radical (unpaired) electrons. The van der Waals surface area contributed by atoms with Crippen molar-refractivity contribution in [2.24, 2.45) is 0 Å². The predicted octanol–water partition coefficient (Wildman–Crippen LogP) is 13.3. The maximum absolute atomic E-state index is 7.19. The molecule has 0 saturated heterocycles. The third-order valence-corrected chi connectivity index (χ3v) is 14.9. The van der Waals surface area contributed by atoms with Gasteiger partial charge in [0, 0.05) is 53.7 Å². The highest BCUT2D eigenvalue weighted by Crippen LogP contribution is 2.58. The van der Waals surface area contributed by atoms with E-state index in [9.17, 15) is 0 Å². The Balaban J connectivity index is 1.26. The molecule has 0 atom stereocenters. The highest BCUT2D eigenvalue weighted by atomic mass is 32.1. The van der Waals surface area contributed by atoms with Crippen LogP contribution in [0, 0.1) is 0 Å². The van der Waals surface area contributed by atoms with Crippen molar-refractivity contribution in [1.82, 2.24) is 4.57 Å². The Kier molecular flexibility index (Phi) is 7.20. The summed E-state index contributed by atoms with van der Waals surface area (Å²) in [5.74, 6) is 1.94. The van der Waals surface area contributed by atoms with Crippen molar-refractivity contribution in [3.63, 3.8) is 0 Å². The van der Waals surface area contributed by atoms with Crippen molar-refractivity contribution in [3.05, 3.63) is 162 Å². The fraction of sp³-hybridized carbons (Fsp3) is 0.200. The maximum atomic E-state index is 7.19. The molecule has 2 aliphatic heterocycles. The Labute approximate surface area is 357 Å². The van der Waals surface area contributed by atoms with Gasteiger partial charge in [-0.2, -0.15) is 0 Å². The second-order valence-corrected chi connectivity index (χ2v) is 20.8. The van der Waals surface area contributed by atoms with Crippen molar-refractivity contribution in [1.29, 1.82) is 0 Å². The molecule has 4 heterocycles. The fourth-order valence-corrected chi connectivity index (χ4v) is 12.0. The molecule has 0 fully saturated rings. The molecule has 12 rings (SSSR count). The second-order valence-electron chi connectivity index (χ2n) is 19.7. The SMILES string of the molecule is CC(C)(C)c1ccc(N2c3cccc4c3B(c3cc(-n5c6ccccc6c6ccccc65)c5c(c32)C(C)(C)c2ccccc2-5)c2sc3ccc(C(C)(C)C)cc3c2O4)cc1. The third-order valence-electron chi connectivity index (χ3n) is 13.7. The number of para-hydroxylation sites is 2. The van der Waals surface area contributed by atoms with E-state index in [-0.39, 0.29) is 23.0 Å². The Hall–Kier alpha value is -6.04. The molecule has 3 nitrogen and oxygen atoms in total. The lowest BCUT2D eigenvalue weighted by Gasteiger charge is -2.42. The summed E-state index contributed by atoms with van der Waals surface area (Å²) < 4.78 is 12.3. The first kappa shape index (κ1) is 35.9. The van der Waals surface area contributed by atoms with Crippen molar-refractivity contribution in [2.75, 3.05) is 4.90 Å². The standard InChI is InChI=1S/C55H47BN2OS/c1-53(2,3)32-24-27-34(28-25-32)57-43-22-15-23-45-49(43)56(52-51(59-45)38-30-33(54(4,5)6)26-29-46(38)60-52)40-31-44(47-37-18-9-12-19-39(37)55(7,8)48(47)50(40)57)58-41-20-13-10-16-35(41)36-17-11-14-21-42(36)58/h9-31H,1-8H3. The molecule has 60 heavy (non-hydrogen) atoms. The molecule has 2 aromatic heterocycles. The first-order valence-corrected chi connectivity index (χ1v) is 22.2. The molecule has 0 N–H and O–H groups in total. The van der Waals surface area contributed by atoms with Gasteiger partial charge in [0.25, 0.3) is 6.71 Å². The van der Waals surface area contributed by atoms with E-state index in [0.29, 0.717) is 0 Å². The van der Waals surface area contributed by atoms with Gasteiger partial charge in [-0.25, -0.2) is 0 Å². The Bertz CT molecular complexity index is 3240. The lowest BCUT2D eigenvalue weighted by atomic mass is 9.36. The predicted molar refractivity (Wildman–Crippen MR) is 257 cm³/mol. The number of fused-ring (bicyclic) bond motifs is 13. The lowest BCUT2D eigenvalue weighted by Crippen LogP contribution is -2.59. The van der Waals surface area contributed by atoms with E-state index in [1.807, 2.05) is 11.3 Å². The van der Waals surface area contributed by atoms with Crippen LogP contribution < -0.4 is 25.3 Å². The van der Waals surface area contributed by atoms with Crippen LogP contribution in [0.5, 0.6) is 11.5 Å². The van der Waals surface area contributed by atoms with E-state index in [1.165, 1.54) is 98.0 Å². The van der Waals surface area contributed by atoms with Gasteiger partial charge in [0.2, 0.25) is 0 Å². The summed E-state index contributed by atoms with van der Waals surface area (Å²) in [5.41, 5.74) is 17.6. The van der Waals surface area contributed by atoms with E-state index in [1.54, 1.807) is 0 Å². The Morgan fingerprint density at radius 2 is 1.27 bits per heavy atom. The van der Waals surface area contributed by atoms with Gasteiger partial charge in [-0.15, -0.1) is 11.3 Å². The minimum absolute atomic E-state index is 0.0155. The molecule has 9 aromatic rings. The van der Waals surface area contributed by atoms with Gasteiger partial charge in [0.1, 0.15) is 11.5 Å². The number of anilines is 3. The van der Waals surface area contributed by atoms with Gasteiger partial charge >= 0.3 is 0 Å². The zero-order valence-corrected chi connectivity index (χ0v) is 36.4. The van der Waals surface area contributed by atoms with Gasteiger partial charge in [-0.1, -0.05) is 140 Å². The molecule has 1 aliphatic carbocycles. The number of rotatable bonds is 2. The van der Waals surface area contributed by atoms with E-state index < -0.39 is 0 Å². The topological polar surface area (TPSA) is 17.4 Å². The van der Waals surface area contributed by atoms with Crippen molar-refractivity contribution >= 4 is 82.7 Å². The summed E-state index contributed by atoms with van der Waals surface area (Å²) in [6.45, 7) is 18.6. The average molecular weight is 795 g/mol. The van der Waals surface area contributed by atoms with Gasteiger partial charge < -0.3 is 14.2 Å². The first-order valence-electron chi connectivity index (χ1n) is 21.4. The van der Waals surface area contributed by atoms with Gasteiger partial charge in [0.15, 0.2) is 0 Å². The van der Waals surface area contributed by atoms with Crippen LogP contribution in [0.2, 0.25) is 0 Å². The molecule has 0 saturated carbocycles. The van der Waals surface area contributed by atoms with Crippen molar-refractivity contribution in [2.45, 2.75) is 71.6 Å². The van der Waals surface area contributed by atoms with E-state index in [2.05, 4.69) is 204 Å². The van der Waals surface area contributed by atoms with Gasteiger partial charge in [0.05, 0.1) is 16.7 Å². The van der Waals surface area contributed by atoms with Crippen LogP contribution in [0.3, 0.4) is 0 Å². The van der Waals surface area contributed by atoms with Crippen LogP contribution >= 0.6 is 11.3 Å². The van der Waals surface area contributed by atoms with E-state index in [4.69, 9.17) is 4.74 Å². The molecule has 7 aromatic carbocycles. The number of benzene rings is 7. The van der Waals surface area contributed by atoms with E-state index in [0.717, 1.165) is 17.2 Å². The number of hydrogen-bond acceptors (Lipinski definition) is 3. The van der Waals surface area contributed by atoms with Crippen LogP contribution in [0.15, 0.2) is 140 Å². The maximum Gasteiger partial charge on any atom is 0.269 e. The van der Waals surface area contributed by atoms with Crippen LogP contribution in [-0.4, -0.2) is 11.3 Å². The molecule has 0 unspecified atom stereocenters. The van der Waals surface area contributed by atoms with Crippen LogP contribution in [0.4, 0.5) is 17.1 Å². The molecule has 0 amide bonds. The average Bonchev–Trinajstić information content (AvgIpc) is 3.85. The molecule has 0 bridgehead atoms. The number of aromatic nitrogens is 1. The molecule has 292 valence electrons. The lowest BCUT2D eigenvalue weighted by molar-refractivity contribution is 0.494. The highest BCUT2D eigenvalue weighted by Gasteiger charge is 2.49. The van der Waals surface area contributed by atoms with Crippen LogP contribution in [-0.2, 0) is 16.2 Å². The summed E-state index contributed by atoms with van der Waals surface area (Å²) in [5, 5.41) is 3.74. The third kappa shape index (κ3) is 4.78. The minimum atomic E-state index is -0.306. The van der Waals surface area contributed by atoms with Crippen molar-refractivity contribution in [3.8, 4) is 28.3 Å². The fourth-order valence-electron chi connectivity index (χ4n) is 10.8. The summed E-state index contributed by atoms with van der Waals surface area (Å²) in [6, 6.07) is 52.7. The second kappa shape index (κ2) is 12.0. The minimum Gasteiger partial charge on any atom is -0.457 e. The zero-order valence-electron chi connectivity index (χ0n) is 35.6. The van der Waals surface area contributed by atoms with Crippen LogP contribution in [0.1, 0.15) is 77.6 Å². The van der Waals surface area contributed by atoms with Crippen LogP contribution in [0.25, 0.3) is 48.7 Å². The Morgan fingerprint density at radius 3 is 1.97 bits per heavy atom. The zero-order chi connectivity index (χ0) is 41.0. The summed E-state index contributed by atoms with van der Waals surface area (Å²) in [7, 11) is 0. The summed E-state index contributed by atoms with van der Waals surface area (Å²) in [6.07, 6.45) is 0. The Morgan fingerprint density at radius 1 is 0.617 bits per heavy atom. The van der Waals surface area contributed by atoms with Gasteiger partial charge in [-0.3, -0.25) is 0 Å². The normalized spacial score (nSPS) is 14.9. The molecule has 3 aliphatic rings. The number of ether oxygens (including phenoxy) is 1. The molecular formula is C55H47BN2OS. The first-order chi connectivity index (χ1) is 28.8. The molecular weight excluding hydrogens is 747 g/mol. The van der Waals surface area contributed by atoms with Crippen molar-refractivity contribution < 1.29 is 4.74 Å². The number of nitrogens with zero attached hydrogens (tertiary/aromatic N) is 2. The summed E-state index contributed by atoms with van der Waals surface area (Å²) in [4.78, 5) is 2.58. The van der Waals surface area contributed by atoms with Gasteiger partial charge in [-0.05, 0) is 104 Å². The number of thiophene rings is 1. The highest BCUT2D eigenvalue weighted by molar-refractivity contribution is 7.33. The van der Waals surface area contributed by atoms with E-state index >= 15 is 0 Å². The smallest absolute Gasteiger partial charge is 0.269 e. The monoisotopic (exact) mass is 794 g/mol. The number of hydrogen-bond donors (Lipinski definition) is 0. The quantitative estimate of drug-likeness (QED) is 0.162. The molecule has 0 spiro atoms.